The quantitative estimate of drug-likeness (QED) is 0.808. The first kappa shape index (κ1) is 15.0. The molecule has 0 aliphatic carbocycles. The van der Waals surface area contributed by atoms with Gasteiger partial charge in [-0.05, 0) is 38.0 Å². The van der Waals surface area contributed by atoms with E-state index in [0.717, 1.165) is 19.6 Å². The second-order valence-electron chi connectivity index (χ2n) is 4.70. The molecule has 2 atom stereocenters. The molecule has 0 amide bonds. The minimum absolute atomic E-state index is 0.144. The number of nitrogens with two attached hydrogens (primary N) is 1. The maximum atomic E-state index is 6.03. The van der Waals surface area contributed by atoms with Crippen LogP contribution >= 0.6 is 0 Å². The monoisotopic (exact) mass is 250 g/mol. The SMILES string of the molecule is CCC(N)c1ccc(N(CC)C(C)COC)cc1. The summed E-state index contributed by atoms with van der Waals surface area (Å²) in [4.78, 5) is 2.34. The molecule has 0 fully saturated rings. The molecule has 0 spiro atoms. The predicted molar refractivity (Wildman–Crippen MR) is 78.0 cm³/mol. The molecule has 0 bridgehead atoms. The molecule has 18 heavy (non-hydrogen) atoms. The van der Waals surface area contributed by atoms with E-state index in [1.54, 1.807) is 7.11 Å². The normalized spacial score (nSPS) is 14.3. The van der Waals surface area contributed by atoms with Crippen LogP contribution < -0.4 is 10.6 Å². The first-order chi connectivity index (χ1) is 8.63. The van der Waals surface area contributed by atoms with Gasteiger partial charge in [0.05, 0.1) is 6.61 Å². The summed E-state index contributed by atoms with van der Waals surface area (Å²) < 4.78 is 5.23. The number of ether oxygens (including phenoxy) is 1. The van der Waals surface area contributed by atoms with Crippen LogP contribution in [0.3, 0.4) is 0 Å². The molecule has 0 aromatic heterocycles. The van der Waals surface area contributed by atoms with Crippen LogP contribution in [0.1, 0.15) is 38.8 Å². The summed E-state index contributed by atoms with van der Waals surface area (Å²) in [5.74, 6) is 0. The lowest BCUT2D eigenvalue weighted by Crippen LogP contribution is -2.36. The van der Waals surface area contributed by atoms with Crippen molar-refractivity contribution in [3.8, 4) is 0 Å². The number of anilines is 1. The van der Waals surface area contributed by atoms with E-state index in [1.807, 2.05) is 0 Å². The van der Waals surface area contributed by atoms with Crippen molar-refractivity contribution in [1.82, 2.24) is 0 Å². The van der Waals surface area contributed by atoms with Crippen LogP contribution in [-0.4, -0.2) is 26.3 Å². The van der Waals surface area contributed by atoms with Crippen molar-refractivity contribution in [3.05, 3.63) is 29.8 Å². The van der Waals surface area contributed by atoms with Crippen LogP contribution in [0, 0.1) is 0 Å². The molecule has 1 aromatic rings. The molecular weight excluding hydrogens is 224 g/mol. The summed E-state index contributed by atoms with van der Waals surface area (Å²) in [7, 11) is 1.74. The van der Waals surface area contributed by atoms with Crippen LogP contribution in [0.4, 0.5) is 5.69 Å². The van der Waals surface area contributed by atoms with Gasteiger partial charge in [0, 0.05) is 31.4 Å². The van der Waals surface area contributed by atoms with E-state index >= 15 is 0 Å². The summed E-state index contributed by atoms with van der Waals surface area (Å²) in [6.45, 7) is 8.17. The smallest absolute Gasteiger partial charge is 0.0663 e. The largest absolute Gasteiger partial charge is 0.383 e. The van der Waals surface area contributed by atoms with Crippen molar-refractivity contribution in [2.75, 3.05) is 25.2 Å². The number of hydrogen-bond acceptors (Lipinski definition) is 3. The van der Waals surface area contributed by atoms with E-state index in [-0.39, 0.29) is 6.04 Å². The molecule has 0 radical (unpaired) electrons. The summed E-state index contributed by atoms with van der Waals surface area (Å²) in [6, 6.07) is 9.09. The number of nitrogens with zero attached hydrogens (tertiary/aromatic N) is 1. The Labute approximate surface area is 111 Å². The fourth-order valence-electron chi connectivity index (χ4n) is 2.23. The van der Waals surface area contributed by atoms with Crippen molar-refractivity contribution in [1.29, 1.82) is 0 Å². The van der Waals surface area contributed by atoms with Gasteiger partial charge in [0.15, 0.2) is 0 Å². The van der Waals surface area contributed by atoms with Gasteiger partial charge in [0.25, 0.3) is 0 Å². The minimum Gasteiger partial charge on any atom is -0.383 e. The average molecular weight is 250 g/mol. The van der Waals surface area contributed by atoms with Gasteiger partial charge in [-0.15, -0.1) is 0 Å². The van der Waals surface area contributed by atoms with Crippen LogP contribution in [0.5, 0.6) is 0 Å². The Morgan fingerprint density at radius 3 is 2.28 bits per heavy atom. The molecule has 1 aromatic carbocycles. The first-order valence-electron chi connectivity index (χ1n) is 6.75. The molecule has 3 heteroatoms. The zero-order chi connectivity index (χ0) is 13.5. The number of hydrogen-bond donors (Lipinski definition) is 1. The number of likely N-dealkylation sites (N-methyl/N-ethyl adjacent to an activating group) is 1. The molecule has 2 N–H and O–H groups in total. The third-order valence-electron chi connectivity index (χ3n) is 3.37. The first-order valence-corrected chi connectivity index (χ1v) is 6.75. The van der Waals surface area contributed by atoms with Gasteiger partial charge in [-0.25, -0.2) is 0 Å². The van der Waals surface area contributed by atoms with Crippen LogP contribution in [0.15, 0.2) is 24.3 Å². The van der Waals surface area contributed by atoms with Crippen molar-refractivity contribution in [2.24, 2.45) is 5.73 Å². The predicted octanol–water partition coefficient (Wildman–Crippen LogP) is 2.96. The Hall–Kier alpha value is -1.06. The Bertz CT molecular complexity index is 337. The van der Waals surface area contributed by atoms with Crippen molar-refractivity contribution in [3.63, 3.8) is 0 Å². The molecule has 102 valence electrons. The summed E-state index contributed by atoms with van der Waals surface area (Å²) in [5, 5.41) is 0. The summed E-state index contributed by atoms with van der Waals surface area (Å²) >= 11 is 0. The molecule has 1 rings (SSSR count). The third kappa shape index (κ3) is 3.72. The van der Waals surface area contributed by atoms with E-state index in [1.165, 1.54) is 11.3 Å². The van der Waals surface area contributed by atoms with Gasteiger partial charge in [-0.1, -0.05) is 19.1 Å². The topological polar surface area (TPSA) is 38.5 Å². The van der Waals surface area contributed by atoms with E-state index in [4.69, 9.17) is 10.5 Å². The maximum absolute atomic E-state index is 6.03. The molecular formula is C15H26N2O. The van der Waals surface area contributed by atoms with Crippen LogP contribution in [-0.2, 0) is 4.74 Å². The molecule has 3 nitrogen and oxygen atoms in total. The minimum atomic E-state index is 0.144. The Kier molecular flexibility index (Phi) is 6.16. The van der Waals surface area contributed by atoms with Crippen LogP contribution in [0.2, 0.25) is 0 Å². The van der Waals surface area contributed by atoms with Gasteiger partial charge >= 0.3 is 0 Å². The zero-order valence-corrected chi connectivity index (χ0v) is 12.0. The summed E-state index contributed by atoms with van der Waals surface area (Å²) in [5.41, 5.74) is 8.46. The number of benzene rings is 1. The number of rotatable bonds is 7. The molecule has 0 saturated carbocycles. The molecule has 0 saturated heterocycles. The van der Waals surface area contributed by atoms with Gasteiger partial charge in [-0.3, -0.25) is 0 Å². The third-order valence-corrected chi connectivity index (χ3v) is 3.37. The van der Waals surface area contributed by atoms with Crippen molar-refractivity contribution >= 4 is 5.69 Å². The highest BCUT2D eigenvalue weighted by atomic mass is 16.5. The Morgan fingerprint density at radius 2 is 1.83 bits per heavy atom. The van der Waals surface area contributed by atoms with Gasteiger partial charge < -0.3 is 15.4 Å². The van der Waals surface area contributed by atoms with E-state index in [9.17, 15) is 0 Å². The highest BCUT2D eigenvalue weighted by Crippen LogP contribution is 2.21. The van der Waals surface area contributed by atoms with Crippen molar-refractivity contribution < 1.29 is 4.74 Å². The Morgan fingerprint density at radius 1 is 1.22 bits per heavy atom. The lowest BCUT2D eigenvalue weighted by atomic mass is 10.0. The second kappa shape index (κ2) is 7.39. The highest BCUT2D eigenvalue weighted by molar-refractivity contribution is 5.48. The average Bonchev–Trinajstić information content (AvgIpc) is 2.40. The highest BCUT2D eigenvalue weighted by Gasteiger charge is 2.13. The zero-order valence-electron chi connectivity index (χ0n) is 12.0. The lowest BCUT2D eigenvalue weighted by Gasteiger charge is -2.30. The Balaban J connectivity index is 2.81. The number of methoxy groups -OCH3 is 1. The molecule has 2 unspecified atom stereocenters. The standard InChI is InChI=1S/C15H26N2O/c1-5-15(16)13-7-9-14(10-8-13)17(6-2)12(3)11-18-4/h7-10,12,15H,5-6,11,16H2,1-4H3. The molecule has 0 heterocycles. The van der Waals surface area contributed by atoms with E-state index < -0.39 is 0 Å². The fraction of sp³-hybridized carbons (Fsp3) is 0.600. The van der Waals surface area contributed by atoms with Gasteiger partial charge in [0.1, 0.15) is 0 Å². The lowest BCUT2D eigenvalue weighted by molar-refractivity contribution is 0.182. The van der Waals surface area contributed by atoms with Crippen LogP contribution in [0.25, 0.3) is 0 Å². The fourth-order valence-corrected chi connectivity index (χ4v) is 2.23. The van der Waals surface area contributed by atoms with Gasteiger partial charge in [-0.2, -0.15) is 0 Å². The van der Waals surface area contributed by atoms with Crippen molar-refractivity contribution in [2.45, 2.75) is 39.3 Å². The van der Waals surface area contributed by atoms with Gasteiger partial charge in [0.2, 0.25) is 0 Å². The maximum Gasteiger partial charge on any atom is 0.0663 e. The molecule has 0 aliphatic heterocycles. The molecule has 0 aliphatic rings. The summed E-state index contributed by atoms with van der Waals surface area (Å²) in [6.07, 6.45) is 0.969. The van der Waals surface area contributed by atoms with E-state index in [2.05, 4.69) is 49.9 Å². The van der Waals surface area contributed by atoms with E-state index in [0.29, 0.717) is 6.04 Å². The second-order valence-corrected chi connectivity index (χ2v) is 4.70.